The molecule has 6 nitrogen and oxygen atoms in total. The predicted octanol–water partition coefficient (Wildman–Crippen LogP) is 5.59. The van der Waals surface area contributed by atoms with Gasteiger partial charge in [0.25, 0.3) is 5.91 Å². The van der Waals surface area contributed by atoms with Crippen molar-refractivity contribution in [2.24, 2.45) is 5.92 Å². The van der Waals surface area contributed by atoms with Crippen LogP contribution in [0.25, 0.3) is 0 Å². The number of carbonyl (C=O) groups is 2. The van der Waals surface area contributed by atoms with E-state index >= 15 is 0 Å². The first kappa shape index (κ1) is 24.3. The van der Waals surface area contributed by atoms with Gasteiger partial charge in [0, 0.05) is 12.1 Å². The van der Waals surface area contributed by atoms with E-state index in [4.69, 9.17) is 14.2 Å². The number of fused-ring (bicyclic) bond motifs is 1. The van der Waals surface area contributed by atoms with E-state index in [0.717, 1.165) is 28.8 Å². The lowest BCUT2D eigenvalue weighted by molar-refractivity contribution is -0.126. The summed E-state index contributed by atoms with van der Waals surface area (Å²) in [4.78, 5) is 28.0. The molecule has 0 fully saturated rings. The number of hydrogen-bond donors (Lipinski definition) is 0. The second-order valence-electron chi connectivity index (χ2n) is 9.08. The van der Waals surface area contributed by atoms with Crippen LogP contribution >= 0.6 is 0 Å². The van der Waals surface area contributed by atoms with E-state index < -0.39 is 12.1 Å². The maximum absolute atomic E-state index is 13.2. The molecular formula is C29H31NO5. The minimum atomic E-state index is -0.930. The molecule has 0 radical (unpaired) electrons. The molecule has 6 heteroatoms. The molecule has 35 heavy (non-hydrogen) atoms. The van der Waals surface area contributed by atoms with Crippen LogP contribution in [0.5, 0.6) is 11.5 Å². The lowest BCUT2D eigenvalue weighted by atomic mass is 10.0. The molecule has 0 bridgehead atoms. The van der Waals surface area contributed by atoms with Crippen LogP contribution in [0.2, 0.25) is 0 Å². The third-order valence-corrected chi connectivity index (χ3v) is 6.17. The quantitative estimate of drug-likeness (QED) is 0.379. The third-order valence-electron chi connectivity index (χ3n) is 6.17. The Bertz CT molecular complexity index is 1220. The van der Waals surface area contributed by atoms with Crippen molar-refractivity contribution in [3.05, 3.63) is 89.0 Å². The number of benzene rings is 3. The van der Waals surface area contributed by atoms with Gasteiger partial charge in [-0.2, -0.15) is 0 Å². The first-order valence-electron chi connectivity index (χ1n) is 11.8. The minimum Gasteiger partial charge on any atom is -0.493 e. The molecule has 1 unspecified atom stereocenters. The zero-order valence-corrected chi connectivity index (χ0v) is 20.6. The van der Waals surface area contributed by atoms with Crippen LogP contribution in [0, 0.1) is 5.92 Å². The predicted molar refractivity (Wildman–Crippen MR) is 135 cm³/mol. The molecule has 0 aliphatic carbocycles. The number of nitrogens with zero attached hydrogens (tertiary/aromatic N) is 1. The van der Waals surface area contributed by atoms with Crippen molar-refractivity contribution < 1.29 is 23.8 Å². The van der Waals surface area contributed by atoms with E-state index in [9.17, 15) is 9.59 Å². The number of esters is 1. The summed E-state index contributed by atoms with van der Waals surface area (Å²) in [5.74, 6) is 1.07. The first-order valence-corrected chi connectivity index (χ1v) is 11.8. The van der Waals surface area contributed by atoms with Gasteiger partial charge in [0.1, 0.15) is 0 Å². The smallest absolute Gasteiger partial charge is 0.339 e. The van der Waals surface area contributed by atoms with Crippen molar-refractivity contribution in [2.45, 2.75) is 32.8 Å². The zero-order valence-electron chi connectivity index (χ0n) is 20.6. The monoisotopic (exact) mass is 473 g/mol. The van der Waals surface area contributed by atoms with E-state index in [-0.39, 0.29) is 5.91 Å². The van der Waals surface area contributed by atoms with Crippen molar-refractivity contribution in [3.63, 3.8) is 0 Å². The summed E-state index contributed by atoms with van der Waals surface area (Å²) in [5.41, 5.74) is 3.93. The Morgan fingerprint density at radius 2 is 1.66 bits per heavy atom. The van der Waals surface area contributed by atoms with Gasteiger partial charge < -0.3 is 19.1 Å². The highest BCUT2D eigenvalue weighted by Gasteiger charge is 2.39. The molecule has 4 rings (SSSR count). The fourth-order valence-corrected chi connectivity index (χ4v) is 4.29. The second kappa shape index (κ2) is 10.6. The Balaban J connectivity index is 1.51. The van der Waals surface area contributed by atoms with E-state index in [1.54, 1.807) is 31.3 Å². The van der Waals surface area contributed by atoms with Crippen molar-refractivity contribution in [1.82, 2.24) is 0 Å². The van der Waals surface area contributed by atoms with Gasteiger partial charge in [-0.3, -0.25) is 4.79 Å². The normalized spacial score (nSPS) is 14.7. The van der Waals surface area contributed by atoms with E-state index in [0.29, 0.717) is 35.9 Å². The van der Waals surface area contributed by atoms with Crippen molar-refractivity contribution in [3.8, 4) is 11.5 Å². The number of rotatable bonds is 9. The highest BCUT2D eigenvalue weighted by molar-refractivity contribution is 6.05. The van der Waals surface area contributed by atoms with Crippen LogP contribution in [0.4, 0.5) is 5.69 Å². The van der Waals surface area contributed by atoms with Gasteiger partial charge in [0.15, 0.2) is 11.5 Å². The lowest BCUT2D eigenvalue weighted by Crippen LogP contribution is -2.32. The van der Waals surface area contributed by atoms with Gasteiger partial charge in [-0.05, 0) is 60.2 Å². The molecular weight excluding hydrogens is 442 g/mol. The number of para-hydroxylation sites is 1. The zero-order chi connectivity index (χ0) is 24.9. The van der Waals surface area contributed by atoms with Gasteiger partial charge in [0.05, 0.1) is 25.5 Å². The minimum absolute atomic E-state index is 0.193. The fourth-order valence-electron chi connectivity index (χ4n) is 4.29. The number of amides is 1. The maximum Gasteiger partial charge on any atom is 0.339 e. The number of hydrogen-bond acceptors (Lipinski definition) is 5. The van der Waals surface area contributed by atoms with Crippen LogP contribution in [-0.4, -0.2) is 32.6 Å². The molecule has 1 aliphatic rings. The van der Waals surface area contributed by atoms with E-state index in [1.165, 1.54) is 0 Å². The van der Waals surface area contributed by atoms with Crippen LogP contribution in [-0.2, 0) is 16.0 Å². The number of ether oxygens (including phenoxy) is 3. The molecule has 1 amide bonds. The summed E-state index contributed by atoms with van der Waals surface area (Å²) in [5, 5.41) is 0. The Labute approximate surface area is 206 Å². The Morgan fingerprint density at radius 3 is 2.40 bits per heavy atom. The molecule has 182 valence electrons. The average Bonchev–Trinajstić information content (AvgIpc) is 3.13. The Hall–Kier alpha value is -3.80. The Kier molecular flexibility index (Phi) is 7.39. The molecule has 0 aromatic heterocycles. The van der Waals surface area contributed by atoms with Gasteiger partial charge in [-0.1, -0.05) is 50.2 Å². The largest absolute Gasteiger partial charge is 0.493 e. The molecule has 0 N–H and O–H groups in total. The Morgan fingerprint density at radius 1 is 0.914 bits per heavy atom. The molecule has 1 heterocycles. The van der Waals surface area contributed by atoms with E-state index in [2.05, 4.69) is 13.8 Å². The highest BCUT2D eigenvalue weighted by Crippen LogP contribution is 2.38. The van der Waals surface area contributed by atoms with Gasteiger partial charge in [-0.15, -0.1) is 0 Å². The van der Waals surface area contributed by atoms with Crippen LogP contribution in [0.15, 0.2) is 66.7 Å². The fraction of sp³-hybridized carbons (Fsp3) is 0.310. The van der Waals surface area contributed by atoms with Crippen molar-refractivity contribution in [1.29, 1.82) is 0 Å². The van der Waals surface area contributed by atoms with Crippen LogP contribution in [0.3, 0.4) is 0 Å². The molecule has 0 saturated carbocycles. The first-order chi connectivity index (χ1) is 16.9. The number of carbonyl (C=O) groups excluding carboxylic acids is 2. The molecule has 1 atom stereocenters. The molecule has 0 spiro atoms. The van der Waals surface area contributed by atoms with Crippen LogP contribution < -0.4 is 14.4 Å². The van der Waals surface area contributed by atoms with Crippen LogP contribution in [0.1, 0.15) is 53.4 Å². The van der Waals surface area contributed by atoms with Crippen molar-refractivity contribution >= 4 is 17.6 Å². The molecule has 3 aromatic rings. The second-order valence-corrected chi connectivity index (χ2v) is 9.08. The van der Waals surface area contributed by atoms with E-state index in [1.807, 2.05) is 54.6 Å². The molecule has 3 aromatic carbocycles. The summed E-state index contributed by atoms with van der Waals surface area (Å²) in [6.45, 7) is 4.85. The number of methoxy groups -OCH3 is 2. The highest BCUT2D eigenvalue weighted by atomic mass is 16.5. The van der Waals surface area contributed by atoms with Gasteiger partial charge in [0.2, 0.25) is 6.10 Å². The maximum atomic E-state index is 13.2. The van der Waals surface area contributed by atoms with Gasteiger partial charge in [-0.25, -0.2) is 4.79 Å². The summed E-state index contributed by atoms with van der Waals surface area (Å²) in [7, 11) is 3.20. The number of anilines is 1. The molecule has 0 saturated heterocycles. The standard InChI is InChI=1S/C29H31NO5/c1-19(2)14-15-30-24-11-6-5-10-23(24)27(28(30)31)35-29(32)22-9-7-8-20(17-22)16-21-12-13-25(33-3)26(18-21)34-4/h5-13,17-19,27H,14-16H2,1-4H3. The summed E-state index contributed by atoms with van der Waals surface area (Å²) < 4.78 is 16.5. The van der Waals surface area contributed by atoms with Crippen molar-refractivity contribution in [2.75, 3.05) is 25.7 Å². The SMILES string of the molecule is COc1ccc(Cc2cccc(C(=O)OC3C(=O)N(CCC(C)C)c4ccccc43)c2)cc1OC. The van der Waals surface area contributed by atoms with Gasteiger partial charge >= 0.3 is 5.97 Å². The lowest BCUT2D eigenvalue weighted by Gasteiger charge is -2.19. The summed E-state index contributed by atoms with van der Waals surface area (Å²) >= 11 is 0. The molecule has 1 aliphatic heterocycles. The average molecular weight is 474 g/mol. The summed E-state index contributed by atoms with van der Waals surface area (Å²) in [6, 6.07) is 20.6. The summed E-state index contributed by atoms with van der Waals surface area (Å²) in [6.07, 6.45) is 0.551. The topological polar surface area (TPSA) is 65.1 Å². The third kappa shape index (κ3) is 5.32.